The summed E-state index contributed by atoms with van der Waals surface area (Å²) in [7, 11) is 0. The normalized spacial score (nSPS) is 23.4. The number of carbonyl (C=O) groups excluding carboxylic acids is 1. The van der Waals surface area contributed by atoms with Gasteiger partial charge in [0, 0.05) is 12.2 Å². The molecular weight excluding hydrogens is 280 g/mol. The second-order valence-electron chi connectivity index (χ2n) is 6.23. The van der Waals surface area contributed by atoms with Crippen LogP contribution in [0, 0.1) is 5.92 Å². The molecule has 0 saturated heterocycles. The van der Waals surface area contributed by atoms with Crippen LogP contribution in [0.15, 0.2) is 29.5 Å². The largest absolute Gasteiger partial charge is 0.351 e. The van der Waals surface area contributed by atoms with Gasteiger partial charge in [0.1, 0.15) is 17.9 Å². The molecule has 1 amide bonds. The molecule has 1 saturated carbocycles. The van der Waals surface area contributed by atoms with E-state index in [9.17, 15) is 9.59 Å². The highest BCUT2D eigenvalue weighted by Crippen LogP contribution is 2.24. The van der Waals surface area contributed by atoms with E-state index >= 15 is 0 Å². The van der Waals surface area contributed by atoms with E-state index in [1.807, 2.05) is 0 Å². The van der Waals surface area contributed by atoms with Gasteiger partial charge in [-0.05, 0) is 37.8 Å². The Morgan fingerprint density at radius 3 is 2.95 bits per heavy atom. The Morgan fingerprint density at radius 1 is 1.41 bits per heavy atom. The quantitative estimate of drug-likeness (QED) is 0.939. The molecule has 3 atom stereocenters. The molecule has 0 aliphatic heterocycles. The Bertz CT molecular complexity index is 733. The molecule has 0 radical (unpaired) electrons. The fourth-order valence-electron chi connectivity index (χ4n) is 3.18. The molecule has 0 spiro atoms. The van der Waals surface area contributed by atoms with Gasteiger partial charge >= 0.3 is 0 Å². The van der Waals surface area contributed by atoms with Crippen LogP contribution in [-0.4, -0.2) is 26.1 Å². The van der Waals surface area contributed by atoms with Crippen molar-refractivity contribution in [3.63, 3.8) is 0 Å². The molecule has 2 heterocycles. The van der Waals surface area contributed by atoms with Crippen LogP contribution in [0.25, 0.3) is 5.52 Å². The molecule has 0 unspecified atom stereocenters. The van der Waals surface area contributed by atoms with Crippen LogP contribution in [0.2, 0.25) is 0 Å². The van der Waals surface area contributed by atoms with E-state index in [-0.39, 0.29) is 17.5 Å². The number of nitrogens with zero attached hydrogens (tertiary/aromatic N) is 3. The van der Waals surface area contributed by atoms with E-state index < -0.39 is 6.04 Å². The van der Waals surface area contributed by atoms with Crippen LogP contribution < -0.4 is 10.9 Å². The monoisotopic (exact) mass is 302 g/mol. The van der Waals surface area contributed by atoms with Crippen molar-refractivity contribution in [1.29, 1.82) is 0 Å². The number of hydrogen-bond acceptors (Lipinski definition) is 3. The van der Waals surface area contributed by atoms with Gasteiger partial charge in [0.25, 0.3) is 5.56 Å². The van der Waals surface area contributed by atoms with Crippen LogP contribution in [0.3, 0.4) is 0 Å². The minimum atomic E-state index is -0.610. The van der Waals surface area contributed by atoms with Crippen LogP contribution in [0.5, 0.6) is 0 Å². The number of carbonyl (C=O) groups is 1. The fourth-order valence-corrected chi connectivity index (χ4v) is 3.18. The molecule has 0 aromatic carbocycles. The first kappa shape index (κ1) is 14.8. The maximum atomic E-state index is 12.5. The van der Waals surface area contributed by atoms with Crippen molar-refractivity contribution >= 4 is 11.4 Å². The Labute approximate surface area is 129 Å². The summed E-state index contributed by atoms with van der Waals surface area (Å²) >= 11 is 0. The first-order valence-electron chi connectivity index (χ1n) is 7.93. The molecule has 3 rings (SSSR count). The van der Waals surface area contributed by atoms with Crippen molar-refractivity contribution in [1.82, 2.24) is 19.5 Å². The minimum Gasteiger partial charge on any atom is -0.351 e. The van der Waals surface area contributed by atoms with Gasteiger partial charge in [-0.1, -0.05) is 19.8 Å². The summed E-state index contributed by atoms with van der Waals surface area (Å²) in [6.45, 7) is 3.89. The highest BCUT2D eigenvalue weighted by molar-refractivity contribution is 5.80. The van der Waals surface area contributed by atoms with Gasteiger partial charge < -0.3 is 9.72 Å². The van der Waals surface area contributed by atoms with Crippen molar-refractivity contribution in [2.45, 2.75) is 51.6 Å². The molecule has 1 aliphatic rings. The van der Waals surface area contributed by atoms with E-state index in [0.29, 0.717) is 11.4 Å². The maximum Gasteiger partial charge on any atom is 0.291 e. The van der Waals surface area contributed by atoms with Crippen molar-refractivity contribution in [3.05, 3.63) is 35.0 Å². The SMILES string of the molecule is C[C@@H]1CCCC[C@@H]1NC(=O)[C@@H](C)n1ncn2cccc2c1=O. The van der Waals surface area contributed by atoms with Gasteiger partial charge in [-0.25, -0.2) is 4.68 Å². The Hall–Kier alpha value is -2.11. The number of nitrogens with one attached hydrogen (secondary N) is 1. The molecular formula is C16H22N4O2. The summed E-state index contributed by atoms with van der Waals surface area (Å²) < 4.78 is 2.92. The van der Waals surface area contributed by atoms with Gasteiger partial charge in [-0.15, -0.1) is 0 Å². The van der Waals surface area contributed by atoms with Crippen molar-refractivity contribution in [3.8, 4) is 0 Å². The Kier molecular flexibility index (Phi) is 4.00. The van der Waals surface area contributed by atoms with E-state index in [0.717, 1.165) is 19.3 Å². The summed E-state index contributed by atoms with van der Waals surface area (Å²) in [6, 6.07) is 3.11. The van der Waals surface area contributed by atoms with E-state index in [4.69, 9.17) is 0 Å². The number of rotatable bonds is 3. The highest BCUT2D eigenvalue weighted by Gasteiger charge is 2.26. The predicted molar refractivity (Wildman–Crippen MR) is 83.7 cm³/mol. The first-order chi connectivity index (χ1) is 10.6. The zero-order valence-corrected chi connectivity index (χ0v) is 13.0. The van der Waals surface area contributed by atoms with Crippen molar-refractivity contribution in [2.24, 2.45) is 5.92 Å². The first-order valence-corrected chi connectivity index (χ1v) is 7.93. The third-order valence-electron chi connectivity index (χ3n) is 4.69. The maximum absolute atomic E-state index is 12.5. The van der Waals surface area contributed by atoms with Crippen LogP contribution in [0.1, 0.15) is 45.6 Å². The number of amides is 1. The summed E-state index contributed by atoms with van der Waals surface area (Å²) in [4.78, 5) is 24.9. The molecule has 1 aliphatic carbocycles. The number of fused-ring (bicyclic) bond motifs is 1. The van der Waals surface area contributed by atoms with Crippen LogP contribution >= 0.6 is 0 Å². The summed E-state index contributed by atoms with van der Waals surface area (Å²) in [5.74, 6) is 0.354. The standard InChI is InChI=1S/C16H22N4O2/c1-11-6-3-4-7-13(11)18-15(21)12(2)20-16(22)14-8-5-9-19(14)10-17-20/h5,8-13H,3-4,6-7H2,1-2H3,(H,18,21)/t11-,12-,13+/m1/s1. The summed E-state index contributed by atoms with van der Waals surface area (Å²) in [5, 5.41) is 7.21. The van der Waals surface area contributed by atoms with Gasteiger partial charge in [-0.3, -0.25) is 9.59 Å². The van der Waals surface area contributed by atoms with E-state index in [1.165, 1.54) is 11.1 Å². The lowest BCUT2D eigenvalue weighted by Gasteiger charge is -2.30. The molecule has 1 fully saturated rings. The molecule has 6 nitrogen and oxygen atoms in total. The third kappa shape index (κ3) is 2.65. The third-order valence-corrected chi connectivity index (χ3v) is 4.69. The smallest absolute Gasteiger partial charge is 0.291 e. The zero-order valence-electron chi connectivity index (χ0n) is 13.0. The minimum absolute atomic E-state index is 0.135. The summed E-state index contributed by atoms with van der Waals surface area (Å²) in [6.07, 6.45) is 7.87. The average molecular weight is 302 g/mol. The zero-order chi connectivity index (χ0) is 15.7. The van der Waals surface area contributed by atoms with Crippen LogP contribution in [0.4, 0.5) is 0 Å². The second-order valence-corrected chi connectivity index (χ2v) is 6.23. The van der Waals surface area contributed by atoms with Gasteiger partial charge in [0.05, 0.1) is 0 Å². The molecule has 2 aromatic heterocycles. The van der Waals surface area contributed by atoms with Crippen molar-refractivity contribution in [2.75, 3.05) is 0 Å². The molecule has 22 heavy (non-hydrogen) atoms. The lowest BCUT2D eigenvalue weighted by Crippen LogP contribution is -2.45. The van der Waals surface area contributed by atoms with Crippen molar-refractivity contribution < 1.29 is 4.79 Å². The number of aromatic nitrogens is 3. The van der Waals surface area contributed by atoms with Crippen LogP contribution in [-0.2, 0) is 4.79 Å². The lowest BCUT2D eigenvalue weighted by atomic mass is 9.86. The highest BCUT2D eigenvalue weighted by atomic mass is 16.2. The Morgan fingerprint density at radius 2 is 2.18 bits per heavy atom. The molecule has 1 N–H and O–H groups in total. The fraction of sp³-hybridized carbons (Fsp3) is 0.562. The van der Waals surface area contributed by atoms with E-state index in [1.54, 1.807) is 36.0 Å². The topological polar surface area (TPSA) is 68.4 Å². The van der Waals surface area contributed by atoms with E-state index in [2.05, 4.69) is 17.3 Å². The molecule has 6 heteroatoms. The molecule has 118 valence electrons. The lowest BCUT2D eigenvalue weighted by molar-refractivity contribution is -0.125. The summed E-state index contributed by atoms with van der Waals surface area (Å²) in [5.41, 5.74) is 0.285. The van der Waals surface area contributed by atoms with Gasteiger partial charge in [0.15, 0.2) is 0 Å². The molecule has 2 aromatic rings. The predicted octanol–water partition coefficient (Wildman–Crippen LogP) is 1.75. The molecule has 0 bridgehead atoms. The van der Waals surface area contributed by atoms with Gasteiger partial charge in [-0.2, -0.15) is 5.10 Å². The average Bonchev–Trinajstić information content (AvgIpc) is 2.99. The van der Waals surface area contributed by atoms with Gasteiger partial charge in [0.2, 0.25) is 5.91 Å². The second kappa shape index (κ2) is 5.94. The Balaban J connectivity index is 1.79. The number of hydrogen-bond donors (Lipinski definition) is 1.